The normalized spacial score (nSPS) is 11.8. The van der Waals surface area contributed by atoms with Crippen molar-refractivity contribution >= 4 is 21.7 Å². The fraction of sp³-hybridized carbons (Fsp3) is 0.222. The van der Waals surface area contributed by atoms with Crippen LogP contribution in [0.5, 0.6) is 5.75 Å². The third-order valence-electron chi connectivity index (χ3n) is 1.71. The van der Waals surface area contributed by atoms with Gasteiger partial charge < -0.3 is 9.84 Å². The van der Waals surface area contributed by atoms with Crippen LogP contribution in [-0.2, 0) is 10.1 Å². The van der Waals surface area contributed by atoms with Gasteiger partial charge in [0, 0.05) is 0 Å². The molecule has 0 unspecified atom stereocenters. The number of methoxy groups -OCH3 is 1. The van der Waals surface area contributed by atoms with E-state index >= 15 is 0 Å². The molecule has 1 aromatic carbocycles. The molecule has 0 aliphatic heterocycles. The van der Waals surface area contributed by atoms with Gasteiger partial charge in [0.05, 0.1) is 12.8 Å². The van der Waals surface area contributed by atoms with Crippen molar-refractivity contribution in [2.24, 2.45) is 4.99 Å². The second-order valence-electron chi connectivity index (χ2n) is 2.94. The fourth-order valence-electron chi connectivity index (χ4n) is 1.12. The van der Waals surface area contributed by atoms with E-state index in [1.54, 1.807) is 0 Å². The average molecular weight is 267 g/mol. The van der Waals surface area contributed by atoms with Gasteiger partial charge in [-0.05, 0) is 31.0 Å². The maximum absolute atomic E-state index is 11.0. The molecular formula is C9H10NNaO5S. The maximum Gasteiger partial charge on any atom is 1.00 e. The predicted octanol–water partition coefficient (Wildman–Crippen LogP) is -2.64. The minimum atomic E-state index is -4.40. The molecule has 0 radical (unpaired) electrons. The minimum Gasteiger partial charge on any atom is -0.862 e. The molecule has 6 nitrogen and oxygen atoms in total. The van der Waals surface area contributed by atoms with E-state index in [0.29, 0.717) is 0 Å². The van der Waals surface area contributed by atoms with Crippen molar-refractivity contribution < 1.29 is 52.4 Å². The molecule has 0 aliphatic rings. The maximum atomic E-state index is 11.0. The van der Waals surface area contributed by atoms with Gasteiger partial charge in [0.15, 0.2) is 0 Å². The molecule has 17 heavy (non-hydrogen) atoms. The van der Waals surface area contributed by atoms with Crippen LogP contribution in [0.1, 0.15) is 6.92 Å². The van der Waals surface area contributed by atoms with E-state index in [9.17, 15) is 13.5 Å². The Bertz CT molecular complexity index is 522. The van der Waals surface area contributed by atoms with Crippen molar-refractivity contribution in [2.75, 3.05) is 7.11 Å². The van der Waals surface area contributed by atoms with Gasteiger partial charge in [0.2, 0.25) is 0 Å². The van der Waals surface area contributed by atoms with Crippen LogP contribution in [0.2, 0.25) is 0 Å². The molecule has 0 aliphatic carbocycles. The second-order valence-corrected chi connectivity index (χ2v) is 4.33. The molecule has 1 N–H and O–H groups in total. The Morgan fingerprint density at radius 1 is 1.47 bits per heavy atom. The van der Waals surface area contributed by atoms with E-state index < -0.39 is 20.9 Å². The molecule has 0 saturated heterocycles. The van der Waals surface area contributed by atoms with Crippen LogP contribution in [-0.4, -0.2) is 26.0 Å². The summed E-state index contributed by atoms with van der Waals surface area (Å²) in [6, 6.07) is 3.79. The number of hydrogen-bond donors (Lipinski definition) is 1. The molecule has 1 aromatic rings. The predicted molar refractivity (Wildman–Crippen MR) is 55.6 cm³/mol. The average Bonchev–Trinajstić information content (AvgIpc) is 2.15. The summed E-state index contributed by atoms with van der Waals surface area (Å²) in [5, 5.41) is 10.7. The van der Waals surface area contributed by atoms with Crippen LogP contribution in [0.4, 0.5) is 5.69 Å². The van der Waals surface area contributed by atoms with Crippen molar-refractivity contribution in [1.82, 2.24) is 0 Å². The summed E-state index contributed by atoms with van der Waals surface area (Å²) < 4.78 is 35.7. The Morgan fingerprint density at radius 3 is 2.47 bits per heavy atom. The molecule has 88 valence electrons. The third-order valence-corrected chi connectivity index (χ3v) is 2.59. The van der Waals surface area contributed by atoms with Gasteiger partial charge in [-0.3, -0.25) is 9.55 Å². The van der Waals surface area contributed by atoms with Crippen molar-refractivity contribution in [1.29, 1.82) is 0 Å². The van der Waals surface area contributed by atoms with Crippen LogP contribution in [0.15, 0.2) is 28.1 Å². The molecule has 1 rings (SSSR count). The number of nitrogens with zero attached hydrogens (tertiary/aromatic N) is 1. The first-order valence-corrected chi connectivity index (χ1v) is 5.66. The molecule has 0 amide bonds. The molecule has 0 saturated carbocycles. The Morgan fingerprint density at radius 2 is 2.06 bits per heavy atom. The van der Waals surface area contributed by atoms with Crippen LogP contribution in [0.25, 0.3) is 0 Å². The number of hydrogen-bond acceptors (Lipinski definition) is 5. The summed E-state index contributed by atoms with van der Waals surface area (Å²) in [6.45, 7) is 1.23. The molecular weight excluding hydrogens is 257 g/mol. The van der Waals surface area contributed by atoms with Crippen molar-refractivity contribution in [3.05, 3.63) is 18.2 Å². The van der Waals surface area contributed by atoms with Gasteiger partial charge in [0.25, 0.3) is 10.1 Å². The monoisotopic (exact) mass is 267 g/mol. The first kappa shape index (κ1) is 16.4. The summed E-state index contributed by atoms with van der Waals surface area (Å²) in [5.41, 5.74) is 0.140. The molecule has 0 fully saturated rings. The van der Waals surface area contributed by atoms with Gasteiger partial charge >= 0.3 is 29.6 Å². The zero-order valence-electron chi connectivity index (χ0n) is 9.67. The van der Waals surface area contributed by atoms with Gasteiger partial charge in [-0.2, -0.15) is 8.42 Å². The number of benzene rings is 1. The Kier molecular flexibility index (Phi) is 6.14. The van der Waals surface area contributed by atoms with Crippen molar-refractivity contribution in [3.8, 4) is 5.75 Å². The molecule has 0 spiro atoms. The van der Waals surface area contributed by atoms with E-state index in [2.05, 4.69) is 4.99 Å². The van der Waals surface area contributed by atoms with Gasteiger partial charge in [-0.25, -0.2) is 0 Å². The largest absolute Gasteiger partial charge is 1.00 e. The van der Waals surface area contributed by atoms with Crippen LogP contribution < -0.4 is 39.4 Å². The summed E-state index contributed by atoms with van der Waals surface area (Å²) in [7, 11) is -3.13. The number of ether oxygens (including phenoxy) is 1. The van der Waals surface area contributed by atoms with Crippen LogP contribution in [0.3, 0.4) is 0 Å². The van der Waals surface area contributed by atoms with E-state index in [0.717, 1.165) is 6.07 Å². The van der Waals surface area contributed by atoms with Crippen LogP contribution in [0, 0.1) is 0 Å². The second kappa shape index (κ2) is 6.36. The summed E-state index contributed by atoms with van der Waals surface area (Å²) in [5.74, 6) is -0.476. The van der Waals surface area contributed by atoms with Gasteiger partial charge in [0.1, 0.15) is 10.6 Å². The third kappa shape index (κ3) is 4.64. The van der Waals surface area contributed by atoms with E-state index in [1.165, 1.54) is 26.2 Å². The quantitative estimate of drug-likeness (QED) is 0.279. The molecule has 0 atom stereocenters. The van der Waals surface area contributed by atoms with E-state index in [4.69, 9.17) is 9.29 Å². The molecule has 8 heteroatoms. The Hall–Kier alpha value is -0.600. The fourth-order valence-corrected chi connectivity index (χ4v) is 1.79. The summed E-state index contributed by atoms with van der Waals surface area (Å²) in [4.78, 5) is 3.12. The molecule has 0 heterocycles. The van der Waals surface area contributed by atoms with E-state index in [1.807, 2.05) is 0 Å². The van der Waals surface area contributed by atoms with Crippen molar-refractivity contribution in [3.63, 3.8) is 0 Å². The Labute approximate surface area is 121 Å². The standard InChI is InChI=1S/C9H11NO5S.Na/c1-6(11)10-7-3-4-8(15-2)9(5-7)16(12,13)14;/h3-5H,1-2H3,(H,10,11)(H,12,13,14);/q;+1/p-1. The van der Waals surface area contributed by atoms with E-state index in [-0.39, 0.29) is 41.0 Å². The summed E-state index contributed by atoms with van der Waals surface area (Å²) in [6.07, 6.45) is 0. The SMILES string of the molecule is COc1ccc(N=C(C)[O-])cc1S(=O)(=O)O.[Na+]. The van der Waals surface area contributed by atoms with Crippen LogP contribution >= 0.6 is 0 Å². The first-order chi connectivity index (χ1) is 7.34. The Balaban J connectivity index is 0.00000256. The smallest absolute Gasteiger partial charge is 0.862 e. The summed E-state index contributed by atoms with van der Waals surface area (Å²) >= 11 is 0. The van der Waals surface area contributed by atoms with Gasteiger partial charge in [-0.15, -0.1) is 0 Å². The number of rotatable bonds is 3. The first-order valence-electron chi connectivity index (χ1n) is 4.22. The van der Waals surface area contributed by atoms with Gasteiger partial charge in [-0.1, -0.05) is 0 Å². The molecule has 0 aromatic heterocycles. The zero-order valence-corrected chi connectivity index (χ0v) is 12.5. The number of aliphatic imine (C=N–C) groups is 1. The zero-order chi connectivity index (χ0) is 12.3. The topological polar surface area (TPSA) is 99.0 Å². The molecule has 0 bridgehead atoms. The minimum absolute atomic E-state index is 0. The van der Waals surface area contributed by atoms with Crippen molar-refractivity contribution in [2.45, 2.75) is 11.8 Å².